The van der Waals surface area contributed by atoms with Crippen molar-refractivity contribution in [2.75, 3.05) is 14.1 Å². The number of amides is 5. The van der Waals surface area contributed by atoms with E-state index in [1.165, 1.54) is 9.80 Å². The van der Waals surface area contributed by atoms with Crippen molar-refractivity contribution in [3.8, 4) is 0 Å². The van der Waals surface area contributed by atoms with E-state index in [0.717, 1.165) is 0 Å². The van der Waals surface area contributed by atoms with Crippen LogP contribution in [0.4, 0.5) is 0 Å². The lowest BCUT2D eigenvalue weighted by molar-refractivity contribution is -0.145. The monoisotopic (exact) mass is 593 g/mol. The number of rotatable bonds is 10. The van der Waals surface area contributed by atoms with E-state index in [1.54, 1.807) is 14.1 Å². The smallest absolute Gasteiger partial charge is 0.245 e. The zero-order chi connectivity index (χ0) is 32.5. The van der Waals surface area contributed by atoms with Gasteiger partial charge >= 0.3 is 0 Å². The third kappa shape index (κ3) is 11.6. The van der Waals surface area contributed by atoms with Crippen molar-refractivity contribution in [2.45, 2.75) is 132 Å². The van der Waals surface area contributed by atoms with Crippen LogP contribution in [0.25, 0.3) is 0 Å². The van der Waals surface area contributed by atoms with Gasteiger partial charge in [-0.1, -0.05) is 69.2 Å². The third-order valence-electron chi connectivity index (χ3n) is 7.61. The number of hydrogen-bond donors (Lipinski definition) is 3. The van der Waals surface area contributed by atoms with Crippen LogP contribution >= 0.6 is 0 Å². The standard InChI is InChI=1S/C32H59N5O5/c1-18(2)13-23-28(38)34-24(14-19(3)4)31(41)37(12)27(17-22(9)10)30(40)35-25(15-20(5)6)32(42)36(11)26(16-21(7)8)29(39)33-23/h18-27H,13-17H2,1-12H3,(H,33,39)(H,34,38)(H,35,40)/t23-,24-,25-,26-,27-/m0/s1. The highest BCUT2D eigenvalue weighted by Crippen LogP contribution is 2.20. The molecule has 10 nitrogen and oxygen atoms in total. The van der Waals surface area contributed by atoms with Crippen molar-refractivity contribution >= 4 is 29.5 Å². The van der Waals surface area contributed by atoms with E-state index >= 15 is 0 Å². The van der Waals surface area contributed by atoms with Gasteiger partial charge in [-0.05, 0) is 61.7 Å². The highest BCUT2D eigenvalue weighted by molar-refractivity contribution is 5.97. The van der Waals surface area contributed by atoms with Crippen molar-refractivity contribution in [2.24, 2.45) is 29.6 Å². The number of carbonyl (C=O) groups excluding carboxylic acids is 5. The minimum atomic E-state index is -0.883. The van der Waals surface area contributed by atoms with Crippen LogP contribution < -0.4 is 16.0 Å². The molecule has 0 unspecified atom stereocenters. The van der Waals surface area contributed by atoms with Crippen LogP contribution in [0.1, 0.15) is 101 Å². The third-order valence-corrected chi connectivity index (χ3v) is 7.61. The number of hydrogen-bond acceptors (Lipinski definition) is 5. The fraction of sp³-hybridized carbons (Fsp3) is 0.844. The molecule has 1 aliphatic rings. The van der Waals surface area contributed by atoms with Gasteiger partial charge in [-0.3, -0.25) is 24.0 Å². The van der Waals surface area contributed by atoms with Gasteiger partial charge in [0.2, 0.25) is 29.5 Å². The molecule has 5 atom stereocenters. The molecule has 0 aromatic heterocycles. The zero-order valence-electron chi connectivity index (χ0n) is 28.2. The van der Waals surface area contributed by atoms with Gasteiger partial charge in [-0.25, -0.2) is 0 Å². The summed E-state index contributed by atoms with van der Waals surface area (Å²) in [4.78, 5) is 72.0. The van der Waals surface area contributed by atoms with E-state index in [1.807, 2.05) is 69.2 Å². The molecule has 0 bridgehead atoms. The molecule has 5 amide bonds. The molecule has 3 N–H and O–H groups in total. The Kier molecular flexibility index (Phi) is 15.0. The molecule has 10 heteroatoms. The summed E-state index contributed by atoms with van der Waals surface area (Å²) in [5.41, 5.74) is 0. The van der Waals surface area contributed by atoms with Crippen molar-refractivity contribution in [1.29, 1.82) is 0 Å². The summed E-state index contributed by atoms with van der Waals surface area (Å²) in [7, 11) is 3.17. The molecule has 1 rings (SSSR count). The lowest BCUT2D eigenvalue weighted by atomic mass is 9.96. The van der Waals surface area contributed by atoms with Gasteiger partial charge in [0.05, 0.1) is 0 Å². The van der Waals surface area contributed by atoms with Crippen molar-refractivity contribution in [3.63, 3.8) is 0 Å². The molecular weight excluding hydrogens is 534 g/mol. The van der Waals surface area contributed by atoms with E-state index in [9.17, 15) is 24.0 Å². The molecule has 1 fully saturated rings. The molecule has 0 radical (unpaired) electrons. The first-order valence-corrected chi connectivity index (χ1v) is 15.8. The van der Waals surface area contributed by atoms with Crippen LogP contribution in [0.15, 0.2) is 0 Å². The average Bonchev–Trinajstić information content (AvgIpc) is 2.85. The van der Waals surface area contributed by atoms with Gasteiger partial charge in [0.15, 0.2) is 0 Å². The van der Waals surface area contributed by atoms with E-state index in [2.05, 4.69) is 16.0 Å². The summed E-state index contributed by atoms with van der Waals surface area (Å²) < 4.78 is 0. The van der Waals surface area contributed by atoms with Crippen LogP contribution in [0.3, 0.4) is 0 Å². The Hall–Kier alpha value is -2.65. The van der Waals surface area contributed by atoms with E-state index < -0.39 is 47.9 Å². The maximum absolute atomic E-state index is 13.9. The maximum Gasteiger partial charge on any atom is 0.245 e. The normalized spacial score (nSPS) is 25.7. The molecule has 0 spiro atoms. The molecular formula is C32H59N5O5. The largest absolute Gasteiger partial charge is 0.343 e. The Labute approximate surface area is 254 Å². The number of likely N-dealkylation sites (N-methyl/N-ethyl adjacent to an activating group) is 2. The minimum absolute atomic E-state index is 0.0839. The van der Waals surface area contributed by atoms with Crippen LogP contribution in [0, 0.1) is 29.6 Å². The average molecular weight is 594 g/mol. The summed E-state index contributed by atoms with van der Waals surface area (Å²) >= 11 is 0. The molecule has 1 aliphatic heterocycles. The molecule has 0 aromatic carbocycles. The van der Waals surface area contributed by atoms with Gasteiger partial charge in [0.1, 0.15) is 30.2 Å². The van der Waals surface area contributed by atoms with Crippen LogP contribution in [0.2, 0.25) is 0 Å². The SMILES string of the molecule is CC(C)C[C@@H]1NC(=O)[C@H](CC(C)C)N(C)C(=O)[C@H](CC(C)C)NC(=O)[C@H](CC(C)C)N(C)C(=O)[C@H](CC(C)C)NC1=O. The molecule has 0 aromatic rings. The first-order chi connectivity index (χ1) is 19.3. The van der Waals surface area contributed by atoms with E-state index in [-0.39, 0.29) is 41.4 Å². The zero-order valence-corrected chi connectivity index (χ0v) is 28.2. The summed E-state index contributed by atoms with van der Waals surface area (Å²) in [6.07, 6.45) is 1.90. The Morgan fingerprint density at radius 3 is 1.02 bits per heavy atom. The second-order valence-corrected chi connectivity index (χ2v) is 14.3. The Balaban J connectivity index is 3.80. The van der Waals surface area contributed by atoms with Crippen LogP contribution in [0.5, 0.6) is 0 Å². The molecule has 1 saturated heterocycles. The molecule has 0 saturated carbocycles. The summed E-state index contributed by atoms with van der Waals surface area (Å²) in [5, 5.41) is 8.78. The number of carbonyl (C=O) groups is 5. The van der Waals surface area contributed by atoms with Crippen molar-refractivity contribution < 1.29 is 24.0 Å². The minimum Gasteiger partial charge on any atom is -0.343 e. The van der Waals surface area contributed by atoms with Gasteiger partial charge in [-0.15, -0.1) is 0 Å². The topological polar surface area (TPSA) is 128 Å². The maximum atomic E-state index is 13.9. The quantitative estimate of drug-likeness (QED) is 0.358. The molecule has 0 aliphatic carbocycles. The predicted octanol–water partition coefficient (Wildman–Crippen LogP) is 3.34. The van der Waals surface area contributed by atoms with Gasteiger partial charge < -0.3 is 25.8 Å². The Bertz CT molecular complexity index is 932. The fourth-order valence-electron chi connectivity index (χ4n) is 5.47. The van der Waals surface area contributed by atoms with Crippen molar-refractivity contribution in [3.05, 3.63) is 0 Å². The second-order valence-electron chi connectivity index (χ2n) is 14.3. The van der Waals surface area contributed by atoms with Crippen molar-refractivity contribution in [1.82, 2.24) is 25.8 Å². The Morgan fingerprint density at radius 1 is 0.452 bits per heavy atom. The van der Waals surface area contributed by atoms with Gasteiger partial charge in [0, 0.05) is 14.1 Å². The van der Waals surface area contributed by atoms with Crippen LogP contribution in [-0.2, 0) is 24.0 Å². The number of nitrogens with one attached hydrogen (secondary N) is 3. The highest BCUT2D eigenvalue weighted by Gasteiger charge is 2.39. The molecule has 242 valence electrons. The van der Waals surface area contributed by atoms with E-state index in [4.69, 9.17) is 0 Å². The lowest BCUT2D eigenvalue weighted by Crippen LogP contribution is -2.58. The fourth-order valence-corrected chi connectivity index (χ4v) is 5.47. The lowest BCUT2D eigenvalue weighted by Gasteiger charge is -2.35. The Morgan fingerprint density at radius 2 is 0.714 bits per heavy atom. The van der Waals surface area contributed by atoms with Crippen LogP contribution in [-0.4, -0.2) is 83.6 Å². The summed E-state index contributed by atoms with van der Waals surface area (Å²) in [6, 6.07) is -4.29. The first kappa shape index (κ1) is 37.4. The summed E-state index contributed by atoms with van der Waals surface area (Å²) in [6.45, 7) is 19.7. The van der Waals surface area contributed by atoms with Gasteiger partial charge in [-0.2, -0.15) is 0 Å². The molecule has 1 heterocycles. The first-order valence-electron chi connectivity index (χ1n) is 15.8. The number of nitrogens with zero attached hydrogens (tertiary/aromatic N) is 2. The van der Waals surface area contributed by atoms with Gasteiger partial charge in [0.25, 0.3) is 0 Å². The van der Waals surface area contributed by atoms with E-state index in [0.29, 0.717) is 32.1 Å². The highest BCUT2D eigenvalue weighted by atomic mass is 16.2. The predicted molar refractivity (Wildman–Crippen MR) is 166 cm³/mol. The second kappa shape index (κ2) is 16.8. The summed E-state index contributed by atoms with van der Waals surface area (Å²) in [5.74, 6) is -1.59. The molecule has 42 heavy (non-hydrogen) atoms.